The van der Waals surface area contributed by atoms with Crippen molar-refractivity contribution >= 4 is 23.4 Å². The van der Waals surface area contributed by atoms with Crippen LogP contribution >= 0.6 is 11.8 Å². The molecule has 0 aliphatic carbocycles. The van der Waals surface area contributed by atoms with Gasteiger partial charge in [-0.1, -0.05) is 36.4 Å². The number of hydrogen-bond donors (Lipinski definition) is 0. The third-order valence-corrected chi connectivity index (χ3v) is 4.53. The van der Waals surface area contributed by atoms with Crippen molar-refractivity contribution in [2.24, 2.45) is 0 Å². The maximum atomic E-state index is 12.3. The highest BCUT2D eigenvalue weighted by molar-refractivity contribution is 7.99. The Morgan fingerprint density at radius 3 is 2.65 bits per heavy atom. The normalized spacial score (nSPS) is 13.3. The zero-order valence-electron chi connectivity index (χ0n) is 11.3. The van der Waals surface area contributed by atoms with Crippen LogP contribution in [-0.2, 0) is 11.2 Å². The fourth-order valence-corrected chi connectivity index (χ4v) is 3.37. The van der Waals surface area contributed by atoms with Crippen molar-refractivity contribution in [3.63, 3.8) is 0 Å². The number of anilines is 1. The summed E-state index contributed by atoms with van der Waals surface area (Å²) in [5.41, 5.74) is 2.39. The van der Waals surface area contributed by atoms with Gasteiger partial charge in [-0.3, -0.25) is 4.79 Å². The van der Waals surface area contributed by atoms with Crippen LogP contribution in [0.15, 0.2) is 59.5 Å². The number of carbonyl (C=O) groups is 1. The lowest BCUT2D eigenvalue weighted by Gasteiger charge is -2.17. The molecule has 3 rings (SSSR count). The van der Waals surface area contributed by atoms with Crippen LogP contribution in [0.4, 0.5) is 5.69 Å². The average molecular weight is 283 g/mol. The predicted octanol–water partition coefficient (Wildman–Crippen LogP) is 3.76. The molecule has 1 amide bonds. The molecule has 0 unspecified atom stereocenters. The Morgan fingerprint density at radius 1 is 1.05 bits per heavy atom. The summed E-state index contributed by atoms with van der Waals surface area (Å²) in [7, 11) is 0. The van der Waals surface area contributed by atoms with E-state index in [4.69, 9.17) is 0 Å². The largest absolute Gasteiger partial charge is 0.312 e. The standard InChI is InChI=1S/C17H17NOS/c19-17(11-13-20-15-7-2-1-3-8-15)18-12-10-14-6-4-5-9-16(14)18/h1-9H,10-13H2. The monoisotopic (exact) mass is 283 g/mol. The van der Waals surface area contributed by atoms with Crippen molar-refractivity contribution in [2.45, 2.75) is 17.7 Å². The zero-order valence-corrected chi connectivity index (χ0v) is 12.1. The van der Waals surface area contributed by atoms with Gasteiger partial charge in [0.25, 0.3) is 0 Å². The molecule has 102 valence electrons. The Morgan fingerprint density at radius 2 is 1.80 bits per heavy atom. The molecular weight excluding hydrogens is 266 g/mol. The molecule has 1 aliphatic heterocycles. The summed E-state index contributed by atoms with van der Waals surface area (Å²) in [6.07, 6.45) is 1.57. The molecular formula is C17H17NOS. The number of para-hydroxylation sites is 1. The Balaban J connectivity index is 1.56. The smallest absolute Gasteiger partial charge is 0.227 e. The molecule has 0 fully saturated rings. The van der Waals surface area contributed by atoms with Crippen LogP contribution in [0, 0.1) is 0 Å². The molecule has 2 nitrogen and oxygen atoms in total. The molecule has 0 spiro atoms. The van der Waals surface area contributed by atoms with Gasteiger partial charge in [0.2, 0.25) is 5.91 Å². The number of amides is 1. The third kappa shape index (κ3) is 2.88. The molecule has 0 radical (unpaired) electrons. The molecule has 0 bridgehead atoms. The second kappa shape index (κ2) is 6.14. The van der Waals surface area contributed by atoms with Crippen molar-refractivity contribution in [2.75, 3.05) is 17.2 Å². The van der Waals surface area contributed by atoms with Crippen molar-refractivity contribution < 1.29 is 4.79 Å². The lowest BCUT2D eigenvalue weighted by Crippen LogP contribution is -2.29. The van der Waals surface area contributed by atoms with E-state index < -0.39 is 0 Å². The summed E-state index contributed by atoms with van der Waals surface area (Å²) in [6.45, 7) is 0.828. The molecule has 0 N–H and O–H groups in total. The zero-order chi connectivity index (χ0) is 13.8. The van der Waals surface area contributed by atoms with Gasteiger partial charge in [0, 0.05) is 29.3 Å². The van der Waals surface area contributed by atoms with Gasteiger partial charge in [-0.25, -0.2) is 0 Å². The van der Waals surface area contributed by atoms with E-state index in [0.717, 1.165) is 24.4 Å². The first-order chi connectivity index (χ1) is 9.84. The molecule has 1 heterocycles. The van der Waals surface area contributed by atoms with E-state index >= 15 is 0 Å². The molecule has 0 saturated heterocycles. The van der Waals surface area contributed by atoms with Gasteiger partial charge in [-0.05, 0) is 30.2 Å². The van der Waals surface area contributed by atoms with Gasteiger partial charge in [-0.2, -0.15) is 0 Å². The van der Waals surface area contributed by atoms with Crippen LogP contribution < -0.4 is 4.90 Å². The van der Waals surface area contributed by atoms with Gasteiger partial charge in [-0.15, -0.1) is 11.8 Å². The molecule has 0 aromatic heterocycles. The summed E-state index contributed by atoms with van der Waals surface area (Å²) in [5, 5.41) is 0. The SMILES string of the molecule is O=C(CCSc1ccccc1)N1CCc2ccccc21. The van der Waals surface area contributed by atoms with Crippen LogP contribution in [0.1, 0.15) is 12.0 Å². The lowest BCUT2D eigenvalue weighted by atomic mass is 10.2. The van der Waals surface area contributed by atoms with Crippen LogP contribution in [0.3, 0.4) is 0 Å². The summed E-state index contributed by atoms with van der Waals surface area (Å²) >= 11 is 1.74. The number of nitrogens with zero attached hydrogens (tertiary/aromatic N) is 1. The first-order valence-corrected chi connectivity index (χ1v) is 7.89. The highest BCUT2D eigenvalue weighted by atomic mass is 32.2. The molecule has 0 atom stereocenters. The van der Waals surface area contributed by atoms with E-state index in [1.54, 1.807) is 11.8 Å². The van der Waals surface area contributed by atoms with Crippen LogP contribution in [-0.4, -0.2) is 18.2 Å². The van der Waals surface area contributed by atoms with Crippen molar-refractivity contribution in [1.82, 2.24) is 0 Å². The number of rotatable bonds is 4. The van der Waals surface area contributed by atoms with E-state index in [9.17, 15) is 4.79 Å². The minimum absolute atomic E-state index is 0.235. The molecule has 2 aromatic carbocycles. The summed E-state index contributed by atoms with van der Waals surface area (Å²) in [4.78, 5) is 15.5. The number of carbonyl (C=O) groups excluding carboxylic acids is 1. The summed E-state index contributed by atoms with van der Waals surface area (Å²) in [6, 6.07) is 18.4. The first kappa shape index (κ1) is 13.3. The van der Waals surface area contributed by atoms with Gasteiger partial charge in [0.15, 0.2) is 0 Å². The highest BCUT2D eigenvalue weighted by Crippen LogP contribution is 2.28. The Labute approximate surface area is 123 Å². The van der Waals surface area contributed by atoms with E-state index in [-0.39, 0.29) is 5.91 Å². The second-order valence-corrected chi connectivity index (χ2v) is 6.00. The third-order valence-electron chi connectivity index (χ3n) is 3.52. The maximum absolute atomic E-state index is 12.3. The fourth-order valence-electron chi connectivity index (χ4n) is 2.51. The highest BCUT2D eigenvalue weighted by Gasteiger charge is 2.23. The first-order valence-electron chi connectivity index (χ1n) is 6.91. The fraction of sp³-hybridized carbons (Fsp3) is 0.235. The molecule has 3 heteroatoms. The molecule has 20 heavy (non-hydrogen) atoms. The Kier molecular flexibility index (Phi) is 4.07. The molecule has 0 saturated carbocycles. The summed E-state index contributed by atoms with van der Waals surface area (Å²) in [5.74, 6) is 1.07. The number of thioether (sulfide) groups is 1. The maximum Gasteiger partial charge on any atom is 0.227 e. The van der Waals surface area contributed by atoms with Gasteiger partial charge < -0.3 is 4.90 Å². The minimum atomic E-state index is 0.235. The van der Waals surface area contributed by atoms with Crippen molar-refractivity contribution in [1.29, 1.82) is 0 Å². The lowest BCUT2D eigenvalue weighted by molar-refractivity contribution is -0.118. The predicted molar refractivity (Wildman–Crippen MR) is 84.3 cm³/mol. The van der Waals surface area contributed by atoms with Gasteiger partial charge in [0.1, 0.15) is 0 Å². The van der Waals surface area contributed by atoms with Crippen LogP contribution in [0.5, 0.6) is 0 Å². The van der Waals surface area contributed by atoms with E-state index in [1.807, 2.05) is 41.3 Å². The van der Waals surface area contributed by atoms with E-state index in [1.165, 1.54) is 10.5 Å². The quantitative estimate of drug-likeness (QED) is 0.796. The Hall–Kier alpha value is -1.74. The van der Waals surface area contributed by atoms with Crippen molar-refractivity contribution in [3.05, 3.63) is 60.2 Å². The second-order valence-electron chi connectivity index (χ2n) is 4.84. The topological polar surface area (TPSA) is 20.3 Å². The number of benzene rings is 2. The summed E-state index contributed by atoms with van der Waals surface area (Å²) < 4.78 is 0. The van der Waals surface area contributed by atoms with Gasteiger partial charge in [0.05, 0.1) is 0 Å². The van der Waals surface area contributed by atoms with Crippen molar-refractivity contribution in [3.8, 4) is 0 Å². The number of fused-ring (bicyclic) bond motifs is 1. The van der Waals surface area contributed by atoms with Crippen LogP contribution in [0.2, 0.25) is 0 Å². The van der Waals surface area contributed by atoms with Gasteiger partial charge >= 0.3 is 0 Å². The van der Waals surface area contributed by atoms with E-state index in [0.29, 0.717) is 6.42 Å². The molecule has 2 aromatic rings. The average Bonchev–Trinajstić information content (AvgIpc) is 2.92. The van der Waals surface area contributed by atoms with E-state index in [2.05, 4.69) is 18.2 Å². The number of hydrogen-bond acceptors (Lipinski definition) is 2. The minimum Gasteiger partial charge on any atom is -0.312 e. The van der Waals surface area contributed by atoms with Crippen LogP contribution in [0.25, 0.3) is 0 Å². The molecule has 1 aliphatic rings. The Bertz CT molecular complexity index is 597.